The van der Waals surface area contributed by atoms with Gasteiger partial charge in [0, 0.05) is 58.4 Å². The van der Waals surface area contributed by atoms with E-state index >= 15 is 0 Å². The first-order valence-corrected chi connectivity index (χ1v) is 6.35. The van der Waals surface area contributed by atoms with Crippen LogP contribution in [0.3, 0.4) is 0 Å². The van der Waals surface area contributed by atoms with Gasteiger partial charge in [-0.15, -0.1) is 0 Å². The summed E-state index contributed by atoms with van der Waals surface area (Å²) in [6.45, 7) is 5.53. The summed E-state index contributed by atoms with van der Waals surface area (Å²) in [5.41, 5.74) is 0.984. The van der Waals surface area contributed by atoms with Crippen LogP contribution in [-0.2, 0) is 13.5 Å². The number of rotatable bonds is 3. The zero-order valence-corrected chi connectivity index (χ0v) is 10.3. The van der Waals surface area contributed by atoms with Crippen LogP contribution >= 0.6 is 0 Å². The van der Waals surface area contributed by atoms with E-state index in [1.165, 1.54) is 0 Å². The van der Waals surface area contributed by atoms with E-state index in [1.54, 1.807) is 4.68 Å². The van der Waals surface area contributed by atoms with Gasteiger partial charge in [-0.1, -0.05) is 0 Å². The molecule has 5 heteroatoms. The maximum absolute atomic E-state index is 10.3. The van der Waals surface area contributed by atoms with Crippen molar-refractivity contribution in [3.8, 4) is 0 Å². The minimum absolute atomic E-state index is 0.291. The summed E-state index contributed by atoms with van der Waals surface area (Å²) in [6.07, 6.45) is 2.29. The topological polar surface area (TPSA) is 44.5 Å². The van der Waals surface area contributed by atoms with Crippen molar-refractivity contribution in [3.63, 3.8) is 0 Å². The van der Waals surface area contributed by atoms with Crippen LogP contribution in [0, 0.1) is 0 Å². The highest BCUT2D eigenvalue weighted by Crippen LogP contribution is 2.19. The van der Waals surface area contributed by atoms with E-state index in [0.717, 1.165) is 38.4 Å². The van der Waals surface area contributed by atoms with Crippen molar-refractivity contribution in [2.45, 2.75) is 18.6 Å². The van der Waals surface area contributed by atoms with Crippen LogP contribution in [0.25, 0.3) is 0 Å². The molecule has 0 aromatic carbocycles. The van der Waals surface area contributed by atoms with E-state index < -0.39 is 0 Å². The maximum atomic E-state index is 10.3. The molecule has 0 radical (unpaired) electrons. The van der Waals surface area contributed by atoms with Gasteiger partial charge in [0.05, 0.1) is 11.8 Å². The summed E-state index contributed by atoms with van der Waals surface area (Å²) in [4.78, 5) is 4.87. The number of aromatic nitrogens is 2. The predicted octanol–water partition coefficient (Wildman–Crippen LogP) is -0.677. The normalized spacial score (nSPS) is 33.9. The standard InChI is InChI=1S/C12H20N4O/c1-14-3-2-10(13-14)8-12(17)11-9-15-4-6-16(11)7-5-15/h2-3,11-12,17H,4-9H2,1H3. The second-order valence-electron chi connectivity index (χ2n) is 5.16. The lowest BCUT2D eigenvalue weighted by molar-refractivity contribution is -0.0456. The summed E-state index contributed by atoms with van der Waals surface area (Å²) < 4.78 is 1.79. The van der Waals surface area contributed by atoms with Gasteiger partial charge in [0.2, 0.25) is 0 Å². The Kier molecular flexibility index (Phi) is 2.90. The van der Waals surface area contributed by atoms with Crippen molar-refractivity contribution >= 4 is 0 Å². The van der Waals surface area contributed by atoms with Crippen molar-refractivity contribution < 1.29 is 5.11 Å². The molecule has 3 fully saturated rings. The van der Waals surface area contributed by atoms with Crippen LogP contribution in [0.4, 0.5) is 0 Å². The molecule has 0 amide bonds. The molecular formula is C12H20N4O. The van der Waals surface area contributed by atoms with Gasteiger partial charge in [-0.05, 0) is 6.07 Å². The number of fused-ring (bicyclic) bond motifs is 3. The maximum Gasteiger partial charge on any atom is 0.0763 e. The lowest BCUT2D eigenvalue weighted by Crippen LogP contribution is -2.64. The van der Waals surface area contributed by atoms with E-state index in [9.17, 15) is 5.11 Å². The van der Waals surface area contributed by atoms with Gasteiger partial charge in [-0.3, -0.25) is 14.5 Å². The van der Waals surface area contributed by atoms with Crippen LogP contribution in [0.5, 0.6) is 0 Å². The highest BCUT2D eigenvalue weighted by atomic mass is 16.3. The Labute approximate surface area is 102 Å². The minimum atomic E-state index is -0.298. The smallest absolute Gasteiger partial charge is 0.0763 e. The first-order valence-electron chi connectivity index (χ1n) is 6.35. The van der Waals surface area contributed by atoms with Crippen molar-refractivity contribution in [2.24, 2.45) is 7.05 Å². The van der Waals surface area contributed by atoms with Gasteiger partial charge in [0.1, 0.15) is 0 Å². The van der Waals surface area contributed by atoms with Crippen molar-refractivity contribution in [1.82, 2.24) is 19.6 Å². The number of hydrogen-bond acceptors (Lipinski definition) is 4. The SMILES string of the molecule is Cn1ccc(CC(O)C2CN3CCN2CC3)n1. The molecule has 3 aliphatic rings. The predicted molar refractivity (Wildman–Crippen MR) is 64.7 cm³/mol. The lowest BCUT2D eigenvalue weighted by Gasteiger charge is -2.49. The molecule has 3 aliphatic heterocycles. The number of piperazine rings is 3. The Hall–Kier alpha value is -0.910. The average Bonchev–Trinajstić information content (AvgIpc) is 2.76. The van der Waals surface area contributed by atoms with Gasteiger partial charge < -0.3 is 5.11 Å². The Morgan fingerprint density at radius 2 is 2.18 bits per heavy atom. The number of aliphatic hydroxyl groups is 1. The molecule has 3 saturated heterocycles. The number of hydrogen-bond donors (Lipinski definition) is 1. The highest BCUT2D eigenvalue weighted by Gasteiger charge is 2.36. The largest absolute Gasteiger partial charge is 0.391 e. The van der Waals surface area contributed by atoms with E-state index in [1.807, 2.05) is 19.3 Å². The molecule has 94 valence electrons. The Bertz CT molecular complexity index is 384. The Morgan fingerprint density at radius 3 is 2.71 bits per heavy atom. The Balaban J connectivity index is 1.64. The molecule has 17 heavy (non-hydrogen) atoms. The van der Waals surface area contributed by atoms with Crippen LogP contribution in [-0.4, -0.2) is 69.6 Å². The van der Waals surface area contributed by atoms with Crippen LogP contribution in [0.15, 0.2) is 12.3 Å². The van der Waals surface area contributed by atoms with Crippen molar-refractivity contribution in [1.29, 1.82) is 0 Å². The fraction of sp³-hybridized carbons (Fsp3) is 0.750. The van der Waals surface area contributed by atoms with Gasteiger partial charge in [0.25, 0.3) is 0 Å². The van der Waals surface area contributed by atoms with E-state index in [2.05, 4.69) is 14.9 Å². The zero-order chi connectivity index (χ0) is 11.8. The molecule has 1 aromatic rings. The van der Waals surface area contributed by atoms with E-state index in [4.69, 9.17) is 0 Å². The molecule has 4 heterocycles. The summed E-state index contributed by atoms with van der Waals surface area (Å²) >= 11 is 0. The third kappa shape index (κ3) is 2.22. The molecule has 0 aliphatic carbocycles. The van der Waals surface area contributed by atoms with Crippen LogP contribution in [0.2, 0.25) is 0 Å². The summed E-state index contributed by atoms with van der Waals surface area (Å²) in [5, 5.41) is 14.7. The lowest BCUT2D eigenvalue weighted by atomic mass is 9.99. The fourth-order valence-electron chi connectivity index (χ4n) is 2.94. The molecule has 2 bridgehead atoms. The third-order valence-electron chi connectivity index (χ3n) is 3.95. The molecule has 0 saturated carbocycles. The van der Waals surface area contributed by atoms with Gasteiger partial charge in [-0.25, -0.2) is 0 Å². The van der Waals surface area contributed by atoms with E-state index in [-0.39, 0.29) is 6.10 Å². The summed E-state index contributed by atoms with van der Waals surface area (Å²) in [7, 11) is 1.91. The van der Waals surface area contributed by atoms with Gasteiger partial charge in [0.15, 0.2) is 0 Å². The number of aryl methyl sites for hydroxylation is 1. The first kappa shape index (κ1) is 11.2. The second-order valence-corrected chi connectivity index (χ2v) is 5.16. The monoisotopic (exact) mass is 236 g/mol. The molecule has 2 atom stereocenters. The molecule has 5 nitrogen and oxygen atoms in total. The molecular weight excluding hydrogens is 216 g/mol. The third-order valence-corrected chi connectivity index (χ3v) is 3.95. The fourth-order valence-corrected chi connectivity index (χ4v) is 2.94. The molecule has 4 rings (SSSR count). The number of aliphatic hydroxyl groups excluding tert-OH is 1. The molecule has 2 unspecified atom stereocenters. The molecule has 1 aromatic heterocycles. The van der Waals surface area contributed by atoms with Crippen LogP contribution in [0.1, 0.15) is 5.69 Å². The van der Waals surface area contributed by atoms with Crippen molar-refractivity contribution in [3.05, 3.63) is 18.0 Å². The van der Waals surface area contributed by atoms with Gasteiger partial charge in [-0.2, -0.15) is 5.10 Å². The minimum Gasteiger partial charge on any atom is -0.391 e. The quantitative estimate of drug-likeness (QED) is 0.755. The molecule has 0 spiro atoms. The van der Waals surface area contributed by atoms with Crippen LogP contribution < -0.4 is 0 Å². The van der Waals surface area contributed by atoms with Gasteiger partial charge >= 0.3 is 0 Å². The number of nitrogens with zero attached hydrogens (tertiary/aromatic N) is 4. The Morgan fingerprint density at radius 1 is 1.41 bits per heavy atom. The summed E-state index contributed by atoms with van der Waals surface area (Å²) in [5.74, 6) is 0. The first-order chi connectivity index (χ1) is 8.22. The summed E-state index contributed by atoms with van der Waals surface area (Å²) in [6, 6.07) is 2.28. The zero-order valence-electron chi connectivity index (χ0n) is 10.3. The molecule has 1 N–H and O–H groups in total. The van der Waals surface area contributed by atoms with E-state index in [0.29, 0.717) is 12.5 Å². The average molecular weight is 236 g/mol. The highest BCUT2D eigenvalue weighted by molar-refractivity contribution is 5.03. The second kappa shape index (κ2) is 4.40. The van der Waals surface area contributed by atoms with Crippen molar-refractivity contribution in [2.75, 3.05) is 32.7 Å².